The van der Waals surface area contributed by atoms with Gasteiger partial charge in [-0.15, -0.1) is 0 Å². The molecule has 0 saturated heterocycles. The summed E-state index contributed by atoms with van der Waals surface area (Å²) < 4.78 is 0.559. The van der Waals surface area contributed by atoms with E-state index in [0.717, 1.165) is 0 Å². The topological polar surface area (TPSA) is 70.5 Å². The van der Waals surface area contributed by atoms with Gasteiger partial charge in [0.25, 0.3) is 5.91 Å². The number of pyridine rings is 1. The van der Waals surface area contributed by atoms with Crippen LogP contribution in [0.4, 0.5) is 0 Å². The lowest BCUT2D eigenvalue weighted by atomic mass is 10.3. The van der Waals surface area contributed by atoms with E-state index in [2.05, 4.69) is 20.9 Å². The van der Waals surface area contributed by atoms with Gasteiger partial charge in [0.15, 0.2) is 0 Å². The van der Waals surface area contributed by atoms with Crippen molar-refractivity contribution in [1.29, 1.82) is 0 Å². The van der Waals surface area contributed by atoms with Crippen LogP contribution in [-0.2, 0) is 4.79 Å². The lowest BCUT2D eigenvalue weighted by Crippen LogP contribution is -2.36. The van der Waals surface area contributed by atoms with Crippen molar-refractivity contribution in [1.82, 2.24) is 9.88 Å². The Bertz CT molecular complexity index is 409. The van der Waals surface area contributed by atoms with E-state index in [4.69, 9.17) is 5.11 Å². The second kappa shape index (κ2) is 5.60. The number of likely N-dealkylation sites (N-methyl/N-ethyl adjacent to an activating group) is 1. The van der Waals surface area contributed by atoms with Gasteiger partial charge in [-0.25, -0.2) is 4.98 Å². The number of aromatic nitrogens is 1. The summed E-state index contributed by atoms with van der Waals surface area (Å²) in [5.41, 5.74) is 0.227. The Morgan fingerprint density at radius 1 is 1.56 bits per heavy atom. The normalized spacial score (nSPS) is 9.88. The fourth-order valence-corrected chi connectivity index (χ4v) is 1.61. The second-order valence-electron chi connectivity index (χ2n) is 3.05. The van der Waals surface area contributed by atoms with Crippen molar-refractivity contribution in [3.05, 3.63) is 28.5 Å². The predicted octanol–water partition coefficient (Wildman–Crippen LogP) is 1.39. The van der Waals surface area contributed by atoms with Crippen molar-refractivity contribution in [3.8, 4) is 0 Å². The maximum atomic E-state index is 11.9. The van der Waals surface area contributed by atoms with E-state index in [0.29, 0.717) is 11.0 Å². The van der Waals surface area contributed by atoms with Crippen LogP contribution in [0, 0.1) is 0 Å². The van der Waals surface area contributed by atoms with Gasteiger partial charge in [0.2, 0.25) is 0 Å². The van der Waals surface area contributed by atoms with Gasteiger partial charge in [-0.2, -0.15) is 0 Å². The van der Waals surface area contributed by atoms with Crippen molar-refractivity contribution in [2.24, 2.45) is 0 Å². The molecule has 0 aliphatic rings. The van der Waals surface area contributed by atoms with Crippen molar-refractivity contribution in [2.75, 3.05) is 13.1 Å². The third kappa shape index (κ3) is 3.03. The summed E-state index contributed by atoms with van der Waals surface area (Å²) in [7, 11) is 0. The Morgan fingerprint density at radius 3 is 2.75 bits per heavy atom. The molecule has 0 fully saturated rings. The number of nitrogens with zero attached hydrogens (tertiary/aromatic N) is 2. The molecular formula is C10H11BrN2O3. The molecule has 0 atom stereocenters. The molecule has 0 aliphatic heterocycles. The van der Waals surface area contributed by atoms with Crippen LogP contribution in [0.1, 0.15) is 17.4 Å². The summed E-state index contributed by atoms with van der Waals surface area (Å²) in [5, 5.41) is 8.65. The van der Waals surface area contributed by atoms with E-state index in [1.165, 1.54) is 11.1 Å². The Labute approximate surface area is 101 Å². The smallest absolute Gasteiger partial charge is 0.323 e. The van der Waals surface area contributed by atoms with Crippen molar-refractivity contribution >= 4 is 27.8 Å². The van der Waals surface area contributed by atoms with Crippen LogP contribution in [0.3, 0.4) is 0 Å². The first-order valence-electron chi connectivity index (χ1n) is 4.67. The maximum Gasteiger partial charge on any atom is 0.323 e. The van der Waals surface area contributed by atoms with Crippen LogP contribution < -0.4 is 0 Å². The minimum atomic E-state index is -1.04. The predicted molar refractivity (Wildman–Crippen MR) is 61.2 cm³/mol. The van der Waals surface area contributed by atoms with Gasteiger partial charge < -0.3 is 10.0 Å². The molecule has 86 valence electrons. The quantitative estimate of drug-likeness (QED) is 0.908. The minimum absolute atomic E-state index is 0.227. The van der Waals surface area contributed by atoms with E-state index < -0.39 is 11.9 Å². The highest BCUT2D eigenvalue weighted by Crippen LogP contribution is 2.15. The van der Waals surface area contributed by atoms with E-state index in [-0.39, 0.29) is 12.2 Å². The van der Waals surface area contributed by atoms with Gasteiger partial charge in [0.05, 0.1) is 0 Å². The molecule has 0 saturated carbocycles. The van der Waals surface area contributed by atoms with Gasteiger partial charge in [-0.3, -0.25) is 9.59 Å². The first-order valence-corrected chi connectivity index (χ1v) is 5.47. The second-order valence-corrected chi connectivity index (χ2v) is 3.90. The molecule has 6 heteroatoms. The summed E-state index contributed by atoms with van der Waals surface area (Å²) in [4.78, 5) is 27.6. The molecule has 0 spiro atoms. The minimum Gasteiger partial charge on any atom is -0.480 e. The van der Waals surface area contributed by atoms with Crippen molar-refractivity contribution < 1.29 is 14.7 Å². The molecule has 1 rings (SSSR count). The van der Waals surface area contributed by atoms with Crippen LogP contribution in [0.15, 0.2) is 22.8 Å². The van der Waals surface area contributed by atoms with E-state index in [1.807, 2.05) is 0 Å². The number of amides is 1. The molecule has 1 aromatic heterocycles. The monoisotopic (exact) mass is 286 g/mol. The van der Waals surface area contributed by atoms with Gasteiger partial charge in [0.1, 0.15) is 12.2 Å². The van der Waals surface area contributed by atoms with Crippen LogP contribution in [-0.4, -0.2) is 40.0 Å². The van der Waals surface area contributed by atoms with Crippen LogP contribution in [0.5, 0.6) is 0 Å². The van der Waals surface area contributed by atoms with E-state index in [9.17, 15) is 9.59 Å². The number of carboxylic acid groups (broad SMARTS) is 1. The van der Waals surface area contributed by atoms with Gasteiger partial charge >= 0.3 is 5.97 Å². The largest absolute Gasteiger partial charge is 0.480 e. The summed E-state index contributed by atoms with van der Waals surface area (Å²) in [6, 6.07) is 3.38. The molecule has 5 nitrogen and oxygen atoms in total. The highest BCUT2D eigenvalue weighted by atomic mass is 79.9. The molecule has 0 bridgehead atoms. The fraction of sp³-hybridized carbons (Fsp3) is 0.300. The molecule has 1 N–H and O–H groups in total. The zero-order chi connectivity index (χ0) is 12.1. The molecule has 1 amide bonds. The Balaban J connectivity index is 2.91. The number of carbonyl (C=O) groups excluding carboxylic acids is 1. The summed E-state index contributed by atoms with van der Waals surface area (Å²) >= 11 is 3.20. The van der Waals surface area contributed by atoms with Crippen LogP contribution in [0.2, 0.25) is 0 Å². The van der Waals surface area contributed by atoms with E-state index >= 15 is 0 Å². The highest BCUT2D eigenvalue weighted by molar-refractivity contribution is 9.10. The van der Waals surface area contributed by atoms with Gasteiger partial charge in [-0.1, -0.05) is 0 Å². The first-order chi connectivity index (χ1) is 7.56. The molecule has 1 heterocycles. The lowest BCUT2D eigenvalue weighted by Gasteiger charge is -2.18. The standard InChI is InChI=1S/C10H11BrN2O3/c1-2-13(6-8(14)15)10(16)9-7(11)4-3-5-12-9/h3-5H,2,6H2,1H3,(H,14,15). The number of carbonyl (C=O) groups is 2. The van der Waals surface area contributed by atoms with Gasteiger partial charge in [0, 0.05) is 17.2 Å². The molecule has 0 aromatic carbocycles. The number of rotatable bonds is 4. The number of aliphatic carboxylic acids is 1. The fourth-order valence-electron chi connectivity index (χ4n) is 1.18. The zero-order valence-electron chi connectivity index (χ0n) is 8.68. The third-order valence-corrected chi connectivity index (χ3v) is 2.60. The van der Waals surface area contributed by atoms with Crippen LogP contribution in [0.25, 0.3) is 0 Å². The maximum absolute atomic E-state index is 11.9. The molecule has 16 heavy (non-hydrogen) atoms. The number of hydrogen-bond donors (Lipinski definition) is 1. The van der Waals surface area contributed by atoms with Crippen LogP contribution >= 0.6 is 15.9 Å². The Kier molecular flexibility index (Phi) is 4.42. The summed E-state index contributed by atoms with van der Waals surface area (Å²) in [6.45, 7) is 1.73. The zero-order valence-corrected chi connectivity index (χ0v) is 10.3. The third-order valence-electron chi connectivity index (χ3n) is 1.96. The number of hydrogen-bond acceptors (Lipinski definition) is 3. The average molecular weight is 287 g/mol. The average Bonchev–Trinajstić information content (AvgIpc) is 2.25. The number of halogens is 1. The molecule has 0 aliphatic carbocycles. The highest BCUT2D eigenvalue weighted by Gasteiger charge is 2.19. The molecule has 0 radical (unpaired) electrons. The van der Waals surface area contributed by atoms with Crippen molar-refractivity contribution in [2.45, 2.75) is 6.92 Å². The van der Waals surface area contributed by atoms with Crippen molar-refractivity contribution in [3.63, 3.8) is 0 Å². The summed E-state index contributed by atoms with van der Waals surface area (Å²) in [6.07, 6.45) is 1.49. The molecule has 1 aromatic rings. The Morgan fingerprint density at radius 2 is 2.25 bits per heavy atom. The first kappa shape index (κ1) is 12.6. The Hall–Kier alpha value is -1.43. The number of carboxylic acids is 1. The summed E-state index contributed by atoms with van der Waals surface area (Å²) in [5.74, 6) is -1.43. The lowest BCUT2D eigenvalue weighted by molar-refractivity contribution is -0.137. The van der Waals surface area contributed by atoms with Gasteiger partial charge in [-0.05, 0) is 35.0 Å². The van der Waals surface area contributed by atoms with E-state index in [1.54, 1.807) is 19.1 Å². The SMILES string of the molecule is CCN(CC(=O)O)C(=O)c1ncccc1Br. The molecular weight excluding hydrogens is 276 g/mol. The molecule has 0 unspecified atom stereocenters.